The summed E-state index contributed by atoms with van der Waals surface area (Å²) in [5.74, 6) is 0. The van der Waals surface area contributed by atoms with Gasteiger partial charge in [0.15, 0.2) is 0 Å². The molecule has 0 radical (unpaired) electrons. The summed E-state index contributed by atoms with van der Waals surface area (Å²) in [4.78, 5) is 0. The van der Waals surface area contributed by atoms with E-state index in [1.807, 2.05) is 13.8 Å². The summed E-state index contributed by atoms with van der Waals surface area (Å²) < 4.78 is 16.8. The third-order valence-corrected chi connectivity index (χ3v) is 6.08. The predicted octanol–water partition coefficient (Wildman–Crippen LogP) is 1.92. The lowest BCUT2D eigenvalue weighted by atomic mass is 10.6. The molecule has 0 bridgehead atoms. The van der Waals surface area contributed by atoms with E-state index < -0.39 is 8.56 Å². The lowest BCUT2D eigenvalue weighted by molar-refractivity contribution is 0.180. The summed E-state index contributed by atoms with van der Waals surface area (Å²) in [7, 11) is -1.90. The standard InChI is InChI=1S/C9H20O3Si/c1-4-11-13(6-3,12-5-2)8-9-7-10-9/h9H,4-8H2,1-3H3. The molecule has 0 aromatic heterocycles. The van der Waals surface area contributed by atoms with Crippen molar-refractivity contribution in [3.63, 3.8) is 0 Å². The van der Waals surface area contributed by atoms with Gasteiger partial charge in [0.1, 0.15) is 0 Å². The number of rotatable bonds is 7. The first-order chi connectivity index (χ1) is 6.26. The molecule has 0 aliphatic carbocycles. The lowest BCUT2D eigenvalue weighted by Crippen LogP contribution is -2.42. The Balaban J connectivity index is 2.44. The second-order valence-electron chi connectivity index (χ2n) is 3.29. The van der Waals surface area contributed by atoms with Gasteiger partial charge < -0.3 is 13.6 Å². The first kappa shape index (κ1) is 11.2. The Morgan fingerprint density at radius 3 is 2.08 bits per heavy atom. The van der Waals surface area contributed by atoms with Crippen LogP contribution in [0.4, 0.5) is 0 Å². The van der Waals surface area contributed by atoms with Crippen molar-refractivity contribution in [1.82, 2.24) is 0 Å². The third kappa shape index (κ3) is 3.38. The first-order valence-corrected chi connectivity index (χ1v) is 7.39. The molecular weight excluding hydrogens is 184 g/mol. The monoisotopic (exact) mass is 204 g/mol. The summed E-state index contributed by atoms with van der Waals surface area (Å²) >= 11 is 0. The van der Waals surface area contributed by atoms with Crippen LogP contribution in [0.2, 0.25) is 12.1 Å². The molecule has 3 nitrogen and oxygen atoms in total. The molecule has 0 saturated carbocycles. The highest BCUT2D eigenvalue weighted by molar-refractivity contribution is 6.67. The summed E-state index contributed by atoms with van der Waals surface area (Å²) in [5.41, 5.74) is 0. The fourth-order valence-corrected chi connectivity index (χ4v) is 4.56. The van der Waals surface area contributed by atoms with E-state index in [0.717, 1.165) is 31.9 Å². The van der Waals surface area contributed by atoms with E-state index in [1.54, 1.807) is 0 Å². The molecule has 78 valence electrons. The Labute approximate surface area is 81.6 Å². The van der Waals surface area contributed by atoms with Crippen LogP contribution in [0.5, 0.6) is 0 Å². The van der Waals surface area contributed by atoms with Crippen LogP contribution >= 0.6 is 0 Å². The van der Waals surface area contributed by atoms with E-state index in [0.29, 0.717) is 6.10 Å². The molecule has 1 aliphatic rings. The highest BCUT2D eigenvalue weighted by Crippen LogP contribution is 2.27. The Kier molecular flexibility index (Phi) is 4.38. The van der Waals surface area contributed by atoms with Gasteiger partial charge >= 0.3 is 8.56 Å². The molecular formula is C9H20O3Si. The van der Waals surface area contributed by atoms with Crippen LogP contribution in [0.25, 0.3) is 0 Å². The van der Waals surface area contributed by atoms with Crippen molar-refractivity contribution in [1.29, 1.82) is 0 Å². The van der Waals surface area contributed by atoms with E-state index in [-0.39, 0.29) is 0 Å². The average molecular weight is 204 g/mol. The quantitative estimate of drug-likeness (QED) is 0.469. The minimum absolute atomic E-state index is 0.421. The molecule has 1 atom stereocenters. The zero-order valence-corrected chi connectivity index (χ0v) is 9.84. The average Bonchev–Trinajstić information content (AvgIpc) is 2.89. The van der Waals surface area contributed by atoms with E-state index in [9.17, 15) is 0 Å². The van der Waals surface area contributed by atoms with Gasteiger partial charge in [-0.1, -0.05) is 6.92 Å². The highest BCUT2D eigenvalue weighted by atomic mass is 28.4. The van der Waals surface area contributed by atoms with Crippen molar-refractivity contribution < 1.29 is 13.6 Å². The topological polar surface area (TPSA) is 31.0 Å². The van der Waals surface area contributed by atoms with Gasteiger partial charge in [0, 0.05) is 19.3 Å². The number of hydrogen-bond donors (Lipinski definition) is 0. The van der Waals surface area contributed by atoms with Crippen LogP contribution in [-0.2, 0) is 13.6 Å². The van der Waals surface area contributed by atoms with Crippen LogP contribution < -0.4 is 0 Å². The maximum absolute atomic E-state index is 5.81. The maximum Gasteiger partial charge on any atom is 0.340 e. The SMILES string of the molecule is CCO[Si](CC)(CC1CO1)OCC. The van der Waals surface area contributed by atoms with Gasteiger partial charge in [0.25, 0.3) is 0 Å². The van der Waals surface area contributed by atoms with E-state index >= 15 is 0 Å². The maximum atomic E-state index is 5.81. The second-order valence-corrected chi connectivity index (χ2v) is 6.80. The Hall–Kier alpha value is 0.0969. The molecule has 1 heterocycles. The smallest absolute Gasteiger partial charge is 0.340 e. The van der Waals surface area contributed by atoms with Gasteiger partial charge in [-0.25, -0.2) is 0 Å². The van der Waals surface area contributed by atoms with Crippen molar-refractivity contribution in [2.75, 3.05) is 19.8 Å². The molecule has 0 aromatic carbocycles. The van der Waals surface area contributed by atoms with E-state index in [2.05, 4.69) is 6.92 Å². The Morgan fingerprint density at radius 1 is 1.23 bits per heavy atom. The van der Waals surface area contributed by atoms with E-state index in [4.69, 9.17) is 13.6 Å². The minimum atomic E-state index is -1.90. The number of epoxide rings is 1. The molecule has 4 heteroatoms. The summed E-state index contributed by atoms with van der Waals surface area (Å²) in [6, 6.07) is 2.03. The largest absolute Gasteiger partial charge is 0.394 e. The van der Waals surface area contributed by atoms with Gasteiger partial charge in [-0.05, 0) is 19.9 Å². The summed E-state index contributed by atoms with van der Waals surface area (Å²) in [6.45, 7) is 8.63. The molecule has 0 amide bonds. The molecule has 1 aliphatic heterocycles. The lowest BCUT2D eigenvalue weighted by Gasteiger charge is -2.28. The minimum Gasteiger partial charge on any atom is -0.394 e. The fraction of sp³-hybridized carbons (Fsp3) is 1.00. The van der Waals surface area contributed by atoms with Gasteiger partial charge in [-0.2, -0.15) is 0 Å². The normalized spacial score (nSPS) is 21.9. The predicted molar refractivity (Wildman–Crippen MR) is 54.0 cm³/mol. The molecule has 13 heavy (non-hydrogen) atoms. The van der Waals surface area contributed by atoms with Gasteiger partial charge in [-0.3, -0.25) is 0 Å². The van der Waals surface area contributed by atoms with Crippen molar-refractivity contribution in [2.45, 2.75) is 39.0 Å². The van der Waals surface area contributed by atoms with Crippen molar-refractivity contribution >= 4 is 8.56 Å². The zero-order chi connectivity index (χ0) is 9.73. The summed E-state index contributed by atoms with van der Waals surface area (Å²) in [6.07, 6.45) is 0.421. The molecule has 1 rings (SSSR count). The molecule has 0 aromatic rings. The van der Waals surface area contributed by atoms with E-state index in [1.165, 1.54) is 0 Å². The third-order valence-electron chi connectivity index (χ3n) is 2.29. The highest BCUT2D eigenvalue weighted by Gasteiger charge is 2.42. The van der Waals surface area contributed by atoms with Crippen LogP contribution in [-0.4, -0.2) is 34.5 Å². The van der Waals surface area contributed by atoms with Gasteiger partial charge in [0.2, 0.25) is 0 Å². The molecule has 1 saturated heterocycles. The van der Waals surface area contributed by atoms with Crippen molar-refractivity contribution in [2.24, 2.45) is 0 Å². The Bertz CT molecular complexity index is 142. The van der Waals surface area contributed by atoms with Crippen molar-refractivity contribution in [3.05, 3.63) is 0 Å². The van der Waals surface area contributed by atoms with Crippen molar-refractivity contribution in [3.8, 4) is 0 Å². The Morgan fingerprint density at radius 2 is 1.77 bits per heavy atom. The van der Waals surface area contributed by atoms with Gasteiger partial charge in [0.05, 0.1) is 12.7 Å². The van der Waals surface area contributed by atoms with Crippen LogP contribution in [0.1, 0.15) is 20.8 Å². The first-order valence-electron chi connectivity index (χ1n) is 5.15. The molecule has 1 fully saturated rings. The van der Waals surface area contributed by atoms with Crippen LogP contribution in [0, 0.1) is 0 Å². The van der Waals surface area contributed by atoms with Crippen LogP contribution in [0.3, 0.4) is 0 Å². The number of hydrogen-bond acceptors (Lipinski definition) is 3. The van der Waals surface area contributed by atoms with Gasteiger partial charge in [-0.15, -0.1) is 0 Å². The molecule has 0 N–H and O–H groups in total. The second kappa shape index (κ2) is 5.10. The molecule has 1 unspecified atom stereocenters. The molecule has 0 spiro atoms. The fourth-order valence-electron chi connectivity index (χ4n) is 1.57. The number of ether oxygens (including phenoxy) is 1. The summed E-state index contributed by atoms with van der Waals surface area (Å²) in [5, 5.41) is 0. The van der Waals surface area contributed by atoms with Crippen LogP contribution in [0.15, 0.2) is 0 Å². The zero-order valence-electron chi connectivity index (χ0n) is 8.84.